The summed E-state index contributed by atoms with van der Waals surface area (Å²) in [6.45, 7) is 6.01. The number of aromatic nitrogens is 1. The largest absolute Gasteiger partial charge is 0.489 e. The number of rotatable bonds is 4. The van der Waals surface area contributed by atoms with Crippen molar-refractivity contribution in [2.45, 2.75) is 45.3 Å². The first-order chi connectivity index (χ1) is 7.98. The molecule has 4 heteroatoms. The molecule has 1 N–H and O–H groups in total. The van der Waals surface area contributed by atoms with Gasteiger partial charge in [-0.1, -0.05) is 0 Å². The van der Waals surface area contributed by atoms with Gasteiger partial charge in [-0.3, -0.25) is 0 Å². The van der Waals surface area contributed by atoms with Gasteiger partial charge >= 0.3 is 0 Å². The fraction of sp³-hybridized carbons (Fsp3) is 0.615. The third-order valence-electron chi connectivity index (χ3n) is 2.33. The van der Waals surface area contributed by atoms with Crippen LogP contribution < -0.4 is 14.8 Å². The Kier molecular flexibility index (Phi) is 3.13. The lowest BCUT2D eigenvalue weighted by atomic mass is 10.2. The van der Waals surface area contributed by atoms with Crippen molar-refractivity contribution in [2.24, 2.45) is 0 Å². The second kappa shape index (κ2) is 4.43. The Balaban J connectivity index is 2.15. The maximum Gasteiger partial charge on any atom is 0.238 e. The van der Waals surface area contributed by atoms with Crippen LogP contribution in [0.2, 0.25) is 0 Å². The van der Waals surface area contributed by atoms with Gasteiger partial charge in [0, 0.05) is 13.1 Å². The molecule has 0 radical (unpaired) electrons. The van der Waals surface area contributed by atoms with Crippen LogP contribution in [0.25, 0.3) is 0 Å². The minimum absolute atomic E-state index is 0.253. The highest BCUT2D eigenvalue weighted by molar-refractivity contribution is 5.55. The van der Waals surface area contributed by atoms with E-state index in [4.69, 9.17) is 9.47 Å². The summed E-state index contributed by atoms with van der Waals surface area (Å²) in [6, 6.07) is 1.94. The zero-order valence-corrected chi connectivity index (χ0v) is 10.9. The Bertz CT molecular complexity index is 395. The first kappa shape index (κ1) is 12.0. The molecule has 0 spiro atoms. The number of ether oxygens (including phenoxy) is 2. The van der Waals surface area contributed by atoms with Gasteiger partial charge in [0.15, 0.2) is 0 Å². The smallest absolute Gasteiger partial charge is 0.238 e. The minimum atomic E-state index is -0.253. The number of anilines is 1. The van der Waals surface area contributed by atoms with E-state index < -0.39 is 0 Å². The van der Waals surface area contributed by atoms with E-state index in [2.05, 4.69) is 10.3 Å². The molecule has 0 unspecified atom stereocenters. The molecule has 1 heterocycles. The highest BCUT2D eigenvalue weighted by atomic mass is 16.5. The molecule has 1 aliphatic carbocycles. The molecule has 17 heavy (non-hydrogen) atoms. The van der Waals surface area contributed by atoms with Crippen LogP contribution in [0.1, 0.15) is 33.6 Å². The summed E-state index contributed by atoms with van der Waals surface area (Å²) in [7, 11) is 1.85. The standard InChI is InChI=1S/C13H20N2O2/c1-13(2,3)17-12-11(14-4)7-10(8-15-12)16-9-5-6-9/h7-9,14H,5-6H2,1-4H3. The molecule has 94 valence electrons. The van der Waals surface area contributed by atoms with Crippen LogP contribution in [0.15, 0.2) is 12.3 Å². The van der Waals surface area contributed by atoms with Crippen molar-refractivity contribution in [3.63, 3.8) is 0 Å². The topological polar surface area (TPSA) is 43.4 Å². The molecular weight excluding hydrogens is 216 g/mol. The predicted octanol–water partition coefficient (Wildman–Crippen LogP) is 2.84. The summed E-state index contributed by atoms with van der Waals surface area (Å²) in [5, 5.41) is 3.08. The Hall–Kier alpha value is -1.45. The van der Waals surface area contributed by atoms with Crippen molar-refractivity contribution >= 4 is 5.69 Å². The van der Waals surface area contributed by atoms with E-state index >= 15 is 0 Å². The summed E-state index contributed by atoms with van der Waals surface area (Å²) in [5.41, 5.74) is 0.607. The van der Waals surface area contributed by atoms with E-state index in [-0.39, 0.29) is 5.60 Å². The van der Waals surface area contributed by atoms with Gasteiger partial charge in [0.05, 0.1) is 12.3 Å². The first-order valence-electron chi connectivity index (χ1n) is 6.01. The van der Waals surface area contributed by atoms with E-state index in [0.717, 1.165) is 24.3 Å². The Morgan fingerprint density at radius 1 is 1.35 bits per heavy atom. The highest BCUT2D eigenvalue weighted by Crippen LogP contribution is 2.32. The maximum atomic E-state index is 5.77. The number of hydrogen-bond donors (Lipinski definition) is 1. The van der Waals surface area contributed by atoms with Crippen LogP contribution >= 0.6 is 0 Å². The van der Waals surface area contributed by atoms with Crippen LogP contribution in [-0.4, -0.2) is 23.7 Å². The Morgan fingerprint density at radius 2 is 2.06 bits per heavy atom. The van der Waals surface area contributed by atoms with Crippen molar-refractivity contribution in [1.29, 1.82) is 0 Å². The van der Waals surface area contributed by atoms with Gasteiger partial charge in [-0.2, -0.15) is 0 Å². The molecule has 0 atom stereocenters. The molecule has 1 aromatic heterocycles. The average Bonchev–Trinajstić information content (AvgIpc) is 3.02. The van der Waals surface area contributed by atoms with Crippen LogP contribution in [0, 0.1) is 0 Å². The van der Waals surface area contributed by atoms with Crippen LogP contribution in [0.3, 0.4) is 0 Å². The van der Waals surface area contributed by atoms with Gasteiger partial charge in [0.25, 0.3) is 0 Å². The van der Waals surface area contributed by atoms with Gasteiger partial charge in [0.2, 0.25) is 5.88 Å². The highest BCUT2D eigenvalue weighted by Gasteiger charge is 2.24. The molecule has 2 rings (SSSR count). The van der Waals surface area contributed by atoms with E-state index in [1.807, 2.05) is 33.9 Å². The van der Waals surface area contributed by atoms with Crippen molar-refractivity contribution < 1.29 is 9.47 Å². The van der Waals surface area contributed by atoms with Crippen molar-refractivity contribution in [3.8, 4) is 11.6 Å². The molecule has 1 aromatic rings. The number of pyridine rings is 1. The lowest BCUT2D eigenvalue weighted by molar-refractivity contribution is 0.125. The number of nitrogens with zero attached hydrogens (tertiary/aromatic N) is 1. The zero-order chi connectivity index (χ0) is 12.5. The summed E-state index contributed by atoms with van der Waals surface area (Å²) < 4.78 is 11.5. The molecule has 1 saturated carbocycles. The van der Waals surface area contributed by atoms with Gasteiger partial charge in [-0.05, 0) is 33.6 Å². The number of nitrogens with one attached hydrogen (secondary N) is 1. The van der Waals surface area contributed by atoms with Gasteiger partial charge in [-0.25, -0.2) is 4.98 Å². The quantitative estimate of drug-likeness (QED) is 0.873. The average molecular weight is 236 g/mol. The fourth-order valence-corrected chi connectivity index (χ4v) is 1.43. The molecule has 0 saturated heterocycles. The second-order valence-corrected chi connectivity index (χ2v) is 5.31. The van der Waals surface area contributed by atoms with Crippen LogP contribution in [0.4, 0.5) is 5.69 Å². The first-order valence-corrected chi connectivity index (χ1v) is 6.01. The molecule has 1 fully saturated rings. The summed E-state index contributed by atoms with van der Waals surface area (Å²) >= 11 is 0. The maximum absolute atomic E-state index is 5.77. The third-order valence-corrected chi connectivity index (χ3v) is 2.33. The Labute approximate surface area is 102 Å². The fourth-order valence-electron chi connectivity index (χ4n) is 1.43. The SMILES string of the molecule is CNc1cc(OC2CC2)cnc1OC(C)(C)C. The summed E-state index contributed by atoms with van der Waals surface area (Å²) in [4.78, 5) is 4.31. The van der Waals surface area contributed by atoms with Crippen LogP contribution in [-0.2, 0) is 0 Å². The van der Waals surface area contributed by atoms with E-state index in [9.17, 15) is 0 Å². The second-order valence-electron chi connectivity index (χ2n) is 5.31. The van der Waals surface area contributed by atoms with Crippen molar-refractivity contribution in [3.05, 3.63) is 12.3 Å². The lowest BCUT2D eigenvalue weighted by Crippen LogP contribution is -2.24. The molecule has 0 aromatic carbocycles. The van der Waals surface area contributed by atoms with Crippen molar-refractivity contribution in [2.75, 3.05) is 12.4 Å². The normalized spacial score (nSPS) is 15.5. The van der Waals surface area contributed by atoms with Gasteiger partial charge in [-0.15, -0.1) is 0 Å². The molecule has 4 nitrogen and oxygen atoms in total. The predicted molar refractivity (Wildman–Crippen MR) is 67.8 cm³/mol. The van der Waals surface area contributed by atoms with Crippen molar-refractivity contribution in [1.82, 2.24) is 4.98 Å². The Morgan fingerprint density at radius 3 is 2.59 bits per heavy atom. The zero-order valence-electron chi connectivity index (χ0n) is 10.9. The molecule has 1 aliphatic rings. The summed E-state index contributed by atoms with van der Waals surface area (Å²) in [6.07, 6.45) is 4.40. The van der Waals surface area contributed by atoms with Gasteiger partial charge in [0.1, 0.15) is 17.0 Å². The van der Waals surface area contributed by atoms with E-state index in [1.165, 1.54) is 0 Å². The lowest BCUT2D eigenvalue weighted by Gasteiger charge is -2.22. The monoisotopic (exact) mass is 236 g/mol. The molecule has 0 bridgehead atoms. The third kappa shape index (κ3) is 3.51. The van der Waals surface area contributed by atoms with E-state index in [1.54, 1.807) is 6.20 Å². The molecule has 0 amide bonds. The molecule has 0 aliphatic heterocycles. The summed E-state index contributed by atoms with van der Waals surface area (Å²) in [5.74, 6) is 1.42. The number of hydrogen-bond acceptors (Lipinski definition) is 4. The van der Waals surface area contributed by atoms with Gasteiger partial charge < -0.3 is 14.8 Å². The van der Waals surface area contributed by atoms with E-state index in [0.29, 0.717) is 12.0 Å². The van der Waals surface area contributed by atoms with Crippen LogP contribution in [0.5, 0.6) is 11.6 Å². The molecular formula is C13H20N2O2. The minimum Gasteiger partial charge on any atom is -0.489 e.